The monoisotopic (exact) mass is 308 g/mol. The number of ether oxygens (including phenoxy) is 1. The molecule has 21 heavy (non-hydrogen) atoms. The highest BCUT2D eigenvalue weighted by molar-refractivity contribution is 7.92. The summed E-state index contributed by atoms with van der Waals surface area (Å²) in [6.07, 6.45) is -0.0332. The van der Waals surface area contributed by atoms with Gasteiger partial charge in [0.1, 0.15) is 0 Å². The molecule has 0 bridgehead atoms. The first-order chi connectivity index (χ1) is 9.87. The molecule has 3 N–H and O–H groups in total. The van der Waals surface area contributed by atoms with Gasteiger partial charge < -0.3 is 10.5 Å². The lowest BCUT2D eigenvalue weighted by Gasteiger charge is -2.09. The van der Waals surface area contributed by atoms with E-state index in [-0.39, 0.29) is 16.8 Å². The molecular formula is C13H16N4O3S. The van der Waals surface area contributed by atoms with Crippen LogP contribution in [0.1, 0.15) is 13.8 Å². The summed E-state index contributed by atoms with van der Waals surface area (Å²) in [4.78, 5) is 0.0619. The second kappa shape index (κ2) is 5.96. The number of nitrogens with zero attached hydrogens (tertiary/aromatic N) is 2. The van der Waals surface area contributed by atoms with E-state index in [4.69, 9.17) is 10.5 Å². The Balaban J connectivity index is 2.17. The van der Waals surface area contributed by atoms with Gasteiger partial charge in [0.25, 0.3) is 10.0 Å². The van der Waals surface area contributed by atoms with Crippen molar-refractivity contribution in [2.75, 3.05) is 10.5 Å². The third-order valence-corrected chi connectivity index (χ3v) is 3.76. The summed E-state index contributed by atoms with van der Waals surface area (Å²) in [6.45, 7) is 3.72. The van der Waals surface area contributed by atoms with Gasteiger partial charge in [-0.05, 0) is 38.1 Å². The van der Waals surface area contributed by atoms with Crippen LogP contribution in [0.15, 0.2) is 41.3 Å². The maximum Gasteiger partial charge on any atom is 0.263 e. The van der Waals surface area contributed by atoms with Gasteiger partial charge in [-0.3, -0.25) is 4.72 Å². The van der Waals surface area contributed by atoms with Crippen LogP contribution < -0.4 is 15.2 Å². The zero-order chi connectivity index (χ0) is 15.5. The van der Waals surface area contributed by atoms with Crippen molar-refractivity contribution >= 4 is 21.5 Å². The SMILES string of the molecule is CC(C)Oc1ccc(NS(=O)(=O)c2cccc(N)c2)nn1. The van der Waals surface area contributed by atoms with Gasteiger partial charge in [-0.2, -0.15) is 0 Å². The van der Waals surface area contributed by atoms with Crippen LogP contribution in [0.3, 0.4) is 0 Å². The predicted molar refractivity (Wildman–Crippen MR) is 79.5 cm³/mol. The highest BCUT2D eigenvalue weighted by Gasteiger charge is 2.15. The van der Waals surface area contributed by atoms with E-state index in [9.17, 15) is 8.42 Å². The summed E-state index contributed by atoms with van der Waals surface area (Å²) in [5.41, 5.74) is 5.94. The van der Waals surface area contributed by atoms with E-state index in [1.54, 1.807) is 18.2 Å². The Bertz CT molecular complexity index is 714. The number of anilines is 2. The lowest BCUT2D eigenvalue weighted by Crippen LogP contribution is -2.15. The van der Waals surface area contributed by atoms with E-state index in [0.29, 0.717) is 11.6 Å². The first-order valence-electron chi connectivity index (χ1n) is 6.25. The van der Waals surface area contributed by atoms with E-state index in [1.807, 2.05) is 13.8 Å². The van der Waals surface area contributed by atoms with E-state index in [0.717, 1.165) is 0 Å². The Morgan fingerprint density at radius 3 is 2.52 bits per heavy atom. The minimum absolute atomic E-state index is 0.0332. The molecule has 0 saturated heterocycles. The fourth-order valence-electron chi connectivity index (χ4n) is 1.56. The quantitative estimate of drug-likeness (QED) is 0.813. The summed E-state index contributed by atoms with van der Waals surface area (Å²) in [7, 11) is -3.75. The molecule has 7 nitrogen and oxygen atoms in total. The van der Waals surface area contributed by atoms with Crippen molar-refractivity contribution in [2.24, 2.45) is 0 Å². The smallest absolute Gasteiger partial charge is 0.263 e. The number of nitrogen functional groups attached to an aromatic ring is 1. The minimum Gasteiger partial charge on any atom is -0.474 e. The lowest BCUT2D eigenvalue weighted by atomic mass is 10.3. The summed E-state index contributed by atoms with van der Waals surface area (Å²) in [6, 6.07) is 9.01. The van der Waals surface area contributed by atoms with Crippen LogP contribution in [-0.4, -0.2) is 24.7 Å². The largest absolute Gasteiger partial charge is 0.474 e. The zero-order valence-electron chi connectivity index (χ0n) is 11.6. The fourth-order valence-corrected chi connectivity index (χ4v) is 2.61. The minimum atomic E-state index is -3.75. The summed E-state index contributed by atoms with van der Waals surface area (Å²) >= 11 is 0. The molecular weight excluding hydrogens is 292 g/mol. The Morgan fingerprint density at radius 2 is 1.95 bits per heavy atom. The van der Waals surface area contributed by atoms with Crippen LogP contribution in [0.5, 0.6) is 5.88 Å². The van der Waals surface area contributed by atoms with Crippen LogP contribution in [0.4, 0.5) is 11.5 Å². The van der Waals surface area contributed by atoms with Crippen LogP contribution in [0.2, 0.25) is 0 Å². The first-order valence-corrected chi connectivity index (χ1v) is 7.74. The fraction of sp³-hybridized carbons (Fsp3) is 0.231. The highest BCUT2D eigenvalue weighted by atomic mass is 32.2. The van der Waals surface area contributed by atoms with Crippen LogP contribution in [0, 0.1) is 0 Å². The number of aromatic nitrogens is 2. The van der Waals surface area contributed by atoms with Gasteiger partial charge in [-0.15, -0.1) is 10.2 Å². The van der Waals surface area contributed by atoms with Crippen molar-refractivity contribution < 1.29 is 13.2 Å². The summed E-state index contributed by atoms with van der Waals surface area (Å²) in [5, 5.41) is 7.56. The molecule has 1 aromatic heterocycles. The standard InChI is InChI=1S/C13H16N4O3S/c1-9(2)20-13-7-6-12(15-16-13)17-21(18,19)11-5-3-4-10(14)8-11/h3-9H,14H2,1-2H3,(H,15,17). The Labute approximate surface area is 123 Å². The lowest BCUT2D eigenvalue weighted by molar-refractivity contribution is 0.230. The molecule has 1 heterocycles. The van der Waals surface area contributed by atoms with Gasteiger partial charge in [0.05, 0.1) is 11.0 Å². The summed E-state index contributed by atoms with van der Waals surface area (Å²) in [5.74, 6) is 0.436. The van der Waals surface area contributed by atoms with Gasteiger partial charge in [-0.25, -0.2) is 8.42 Å². The van der Waals surface area contributed by atoms with Crippen molar-refractivity contribution in [1.29, 1.82) is 0 Å². The van der Waals surface area contributed by atoms with Crippen molar-refractivity contribution in [3.8, 4) is 5.88 Å². The van der Waals surface area contributed by atoms with Gasteiger partial charge in [0, 0.05) is 11.8 Å². The molecule has 2 rings (SSSR count). The normalized spacial score (nSPS) is 11.4. The van der Waals surface area contributed by atoms with E-state index < -0.39 is 10.0 Å². The molecule has 0 fully saturated rings. The number of hydrogen-bond donors (Lipinski definition) is 2. The van der Waals surface area contributed by atoms with Crippen LogP contribution in [-0.2, 0) is 10.0 Å². The molecule has 0 aliphatic carbocycles. The van der Waals surface area contributed by atoms with Crippen LogP contribution >= 0.6 is 0 Å². The van der Waals surface area contributed by atoms with E-state index >= 15 is 0 Å². The number of rotatable bonds is 5. The van der Waals surface area contributed by atoms with Crippen LogP contribution in [0.25, 0.3) is 0 Å². The third kappa shape index (κ3) is 4.06. The topological polar surface area (TPSA) is 107 Å². The van der Waals surface area contributed by atoms with Crippen molar-refractivity contribution in [1.82, 2.24) is 10.2 Å². The van der Waals surface area contributed by atoms with Crippen molar-refractivity contribution in [3.05, 3.63) is 36.4 Å². The second-order valence-corrected chi connectivity index (χ2v) is 6.28. The molecule has 0 aliphatic rings. The number of benzene rings is 1. The molecule has 0 spiro atoms. The van der Waals surface area contributed by atoms with Gasteiger partial charge in [0.15, 0.2) is 5.82 Å². The average Bonchev–Trinajstić information content (AvgIpc) is 2.40. The molecule has 0 atom stereocenters. The molecule has 2 aromatic rings. The van der Waals surface area contributed by atoms with Gasteiger partial charge in [0.2, 0.25) is 5.88 Å². The molecule has 8 heteroatoms. The van der Waals surface area contributed by atoms with Crippen molar-refractivity contribution in [3.63, 3.8) is 0 Å². The Hall–Kier alpha value is -2.35. The Morgan fingerprint density at radius 1 is 1.19 bits per heavy atom. The molecule has 0 radical (unpaired) electrons. The predicted octanol–water partition coefficient (Wildman–Crippen LogP) is 1.65. The average molecular weight is 308 g/mol. The highest BCUT2D eigenvalue weighted by Crippen LogP contribution is 2.17. The number of nitrogens with one attached hydrogen (secondary N) is 1. The van der Waals surface area contributed by atoms with Gasteiger partial charge >= 0.3 is 0 Å². The molecule has 0 aliphatic heterocycles. The Kier molecular flexibility index (Phi) is 4.27. The van der Waals surface area contributed by atoms with Crippen molar-refractivity contribution in [2.45, 2.75) is 24.8 Å². The first kappa shape index (κ1) is 15.0. The second-order valence-electron chi connectivity index (χ2n) is 4.60. The van der Waals surface area contributed by atoms with E-state index in [1.165, 1.54) is 18.2 Å². The maximum atomic E-state index is 12.2. The molecule has 1 aromatic carbocycles. The molecule has 112 valence electrons. The van der Waals surface area contributed by atoms with Gasteiger partial charge in [-0.1, -0.05) is 6.07 Å². The number of nitrogens with two attached hydrogens (primary N) is 1. The number of sulfonamides is 1. The summed E-state index contributed by atoms with van der Waals surface area (Å²) < 4.78 is 32.0. The molecule has 0 saturated carbocycles. The van der Waals surface area contributed by atoms with E-state index in [2.05, 4.69) is 14.9 Å². The maximum absolute atomic E-state index is 12.2. The molecule has 0 amide bonds. The zero-order valence-corrected chi connectivity index (χ0v) is 12.5. The number of hydrogen-bond acceptors (Lipinski definition) is 6. The molecule has 0 unspecified atom stereocenters. The third-order valence-electron chi connectivity index (χ3n) is 2.40.